The molecule has 2 saturated heterocycles. The molecular weight excluding hydrogens is 619 g/mol. The van der Waals surface area contributed by atoms with Gasteiger partial charge in [0, 0.05) is 5.56 Å². The quantitative estimate of drug-likeness (QED) is 0.275. The molecule has 50 heavy (non-hydrogen) atoms. The van der Waals surface area contributed by atoms with Crippen molar-refractivity contribution in [3.05, 3.63) is 54.6 Å². The van der Waals surface area contributed by atoms with Crippen LogP contribution in [0.3, 0.4) is 0 Å². The number of rotatable bonds is 4. The van der Waals surface area contributed by atoms with Gasteiger partial charge >= 0.3 is 0 Å². The maximum Gasteiger partial charge on any atom is 0.238 e. The summed E-state index contributed by atoms with van der Waals surface area (Å²) in [6.45, 7) is 36.5. The number of nitrogens with zero attached hydrogens (tertiary/aromatic N) is 9. The van der Waals surface area contributed by atoms with E-state index in [2.05, 4.69) is 179 Å². The van der Waals surface area contributed by atoms with Gasteiger partial charge in [-0.3, -0.25) is 9.80 Å². The molecule has 0 atom stereocenters. The highest BCUT2D eigenvalue weighted by Gasteiger charge is 2.68. The third kappa shape index (κ3) is 4.15. The van der Waals surface area contributed by atoms with Crippen LogP contribution in [0.2, 0.25) is 0 Å². The van der Waals surface area contributed by atoms with Gasteiger partial charge in [0.1, 0.15) is 0 Å². The number of hydrogen-bond donors (Lipinski definition) is 0. The molecule has 0 N–H and O–H groups in total. The first-order valence-corrected chi connectivity index (χ1v) is 18.2. The van der Waals surface area contributed by atoms with Crippen molar-refractivity contribution in [1.82, 2.24) is 24.8 Å². The SMILES string of the molecule is CC1(C)N=C2N(c3nc(-c4ccc(-c5ccccc5)cc4)nc(N4C5=NC(C)(C)C(C)(C)N5C(C)(C)C4(C)C)n3)C(C)(C)C(C)(C)N2C1(C)C. The second-order valence-corrected chi connectivity index (χ2v) is 18.8. The number of guanidine groups is 2. The lowest BCUT2D eigenvalue weighted by Crippen LogP contribution is -2.63. The van der Waals surface area contributed by atoms with Crippen molar-refractivity contribution in [2.24, 2.45) is 9.98 Å². The molecule has 0 radical (unpaired) electrons. The second-order valence-electron chi connectivity index (χ2n) is 18.8. The molecule has 9 nitrogen and oxygen atoms in total. The summed E-state index contributed by atoms with van der Waals surface area (Å²) < 4.78 is 0. The van der Waals surface area contributed by atoms with Crippen LogP contribution in [0, 0.1) is 0 Å². The van der Waals surface area contributed by atoms with Crippen molar-refractivity contribution < 1.29 is 0 Å². The van der Waals surface area contributed by atoms with E-state index in [1.165, 1.54) is 5.56 Å². The highest BCUT2D eigenvalue weighted by Crippen LogP contribution is 2.55. The average molecular weight is 676 g/mol. The minimum atomic E-state index is -0.409. The molecule has 0 amide bonds. The van der Waals surface area contributed by atoms with E-state index in [1.54, 1.807) is 0 Å². The van der Waals surface area contributed by atoms with Crippen LogP contribution in [0.5, 0.6) is 0 Å². The summed E-state index contributed by atoms with van der Waals surface area (Å²) in [5, 5.41) is 0. The minimum Gasteiger partial charge on any atom is -0.327 e. The third-order valence-electron chi connectivity index (χ3n) is 14.2. The zero-order chi connectivity index (χ0) is 36.8. The summed E-state index contributed by atoms with van der Waals surface area (Å²) in [5.41, 5.74) is 0.740. The Kier molecular flexibility index (Phi) is 6.79. The van der Waals surface area contributed by atoms with E-state index in [0.29, 0.717) is 17.7 Å². The van der Waals surface area contributed by atoms with E-state index < -0.39 is 11.1 Å². The predicted molar refractivity (Wildman–Crippen MR) is 207 cm³/mol. The molecule has 4 aliphatic heterocycles. The molecule has 2 aromatic carbocycles. The number of fused-ring (bicyclic) bond motifs is 2. The van der Waals surface area contributed by atoms with E-state index in [1.807, 2.05) is 6.07 Å². The Morgan fingerprint density at radius 2 is 0.740 bits per heavy atom. The lowest BCUT2D eigenvalue weighted by Gasteiger charge is -2.50. The smallest absolute Gasteiger partial charge is 0.238 e. The summed E-state index contributed by atoms with van der Waals surface area (Å²) in [6, 6.07) is 19.0. The number of aliphatic imine (C=N–C) groups is 2. The molecule has 0 bridgehead atoms. The number of aromatic nitrogens is 3. The molecule has 0 unspecified atom stereocenters. The maximum atomic E-state index is 5.44. The standard InChI is InChI=1S/C41H57N9/c1-34(2)36(5,6)49-32(45-34)47(38(9,10)40(49,13)14)30-42-29(28-24-22-27(23-25-28)26-20-18-17-19-21-26)43-31(44-30)48-33-46-35(3,4)37(7,8)50(33)41(15,16)39(48,11)12/h17-25H,1-16H3. The van der Waals surface area contributed by atoms with Crippen molar-refractivity contribution in [3.8, 4) is 22.5 Å². The summed E-state index contributed by atoms with van der Waals surface area (Å²) in [7, 11) is 0. The van der Waals surface area contributed by atoms with Gasteiger partial charge in [0.15, 0.2) is 5.82 Å². The number of hydrogen-bond acceptors (Lipinski definition) is 9. The molecule has 3 aromatic rings. The molecule has 5 heterocycles. The van der Waals surface area contributed by atoms with Gasteiger partial charge in [-0.05, 0) is 122 Å². The van der Waals surface area contributed by atoms with Crippen LogP contribution in [-0.4, -0.2) is 81.0 Å². The fraction of sp³-hybridized carbons (Fsp3) is 0.585. The van der Waals surface area contributed by atoms with E-state index in [4.69, 9.17) is 24.9 Å². The lowest BCUT2D eigenvalue weighted by molar-refractivity contribution is 0.0526. The van der Waals surface area contributed by atoms with Gasteiger partial charge in [-0.1, -0.05) is 54.6 Å². The Balaban J connectivity index is 1.47. The van der Waals surface area contributed by atoms with Crippen LogP contribution in [0.25, 0.3) is 22.5 Å². The predicted octanol–water partition coefficient (Wildman–Crippen LogP) is 8.42. The average Bonchev–Trinajstić information content (AvgIpc) is 3.45. The van der Waals surface area contributed by atoms with Gasteiger partial charge < -0.3 is 9.80 Å². The van der Waals surface area contributed by atoms with Gasteiger partial charge in [-0.15, -0.1) is 0 Å². The maximum absolute atomic E-state index is 5.44. The molecule has 9 heteroatoms. The van der Waals surface area contributed by atoms with Crippen molar-refractivity contribution in [1.29, 1.82) is 0 Å². The van der Waals surface area contributed by atoms with Crippen molar-refractivity contribution in [2.45, 2.75) is 155 Å². The Bertz CT molecular complexity index is 1830. The van der Waals surface area contributed by atoms with Crippen LogP contribution >= 0.6 is 0 Å². The largest absolute Gasteiger partial charge is 0.327 e. The molecular formula is C41H57N9. The monoisotopic (exact) mass is 675 g/mol. The molecule has 4 aliphatic rings. The number of benzene rings is 2. The molecule has 2 fully saturated rings. The summed E-state index contributed by atoms with van der Waals surface area (Å²) in [4.78, 5) is 36.5. The van der Waals surface area contributed by atoms with Crippen LogP contribution in [0.1, 0.15) is 111 Å². The molecule has 1 aromatic heterocycles. The first kappa shape index (κ1) is 34.4. The Morgan fingerprint density at radius 3 is 1.14 bits per heavy atom. The fourth-order valence-corrected chi connectivity index (χ4v) is 8.52. The molecule has 0 saturated carbocycles. The van der Waals surface area contributed by atoms with Crippen molar-refractivity contribution in [2.75, 3.05) is 9.80 Å². The zero-order valence-electron chi connectivity index (χ0n) is 33.2. The van der Waals surface area contributed by atoms with Gasteiger partial charge in [-0.25, -0.2) is 9.98 Å². The first-order valence-electron chi connectivity index (χ1n) is 18.2. The van der Waals surface area contributed by atoms with Gasteiger partial charge in [0.25, 0.3) is 0 Å². The van der Waals surface area contributed by atoms with Gasteiger partial charge in [-0.2, -0.15) is 15.0 Å². The van der Waals surface area contributed by atoms with Crippen LogP contribution in [-0.2, 0) is 0 Å². The summed E-state index contributed by atoms with van der Waals surface area (Å²) in [5.74, 6) is 3.61. The molecule has 0 spiro atoms. The van der Waals surface area contributed by atoms with Crippen LogP contribution in [0.4, 0.5) is 11.9 Å². The molecule has 266 valence electrons. The second kappa shape index (κ2) is 9.86. The topological polar surface area (TPSA) is 76.4 Å². The van der Waals surface area contributed by atoms with E-state index in [0.717, 1.165) is 23.0 Å². The Morgan fingerprint density at radius 1 is 0.380 bits per heavy atom. The van der Waals surface area contributed by atoms with Gasteiger partial charge in [0.2, 0.25) is 23.8 Å². The Hall–Kier alpha value is -4.01. The van der Waals surface area contributed by atoms with E-state index in [-0.39, 0.29) is 33.2 Å². The number of anilines is 2. The normalized spacial score (nSPS) is 25.4. The van der Waals surface area contributed by atoms with E-state index in [9.17, 15) is 0 Å². The highest BCUT2D eigenvalue weighted by molar-refractivity contribution is 6.04. The van der Waals surface area contributed by atoms with Crippen LogP contribution < -0.4 is 9.80 Å². The molecule has 7 rings (SSSR count). The van der Waals surface area contributed by atoms with Crippen molar-refractivity contribution in [3.63, 3.8) is 0 Å². The highest BCUT2D eigenvalue weighted by atomic mass is 15.6. The fourth-order valence-electron chi connectivity index (χ4n) is 8.52. The van der Waals surface area contributed by atoms with Crippen molar-refractivity contribution >= 4 is 23.8 Å². The van der Waals surface area contributed by atoms with E-state index >= 15 is 0 Å². The van der Waals surface area contributed by atoms with Gasteiger partial charge in [0.05, 0.1) is 44.3 Å². The third-order valence-corrected chi connectivity index (χ3v) is 14.2. The lowest BCUT2D eigenvalue weighted by atomic mass is 9.76. The summed E-state index contributed by atoms with van der Waals surface area (Å²) >= 11 is 0. The molecule has 0 aliphatic carbocycles. The first-order chi connectivity index (χ1) is 22.8. The van der Waals surface area contributed by atoms with Crippen LogP contribution in [0.15, 0.2) is 64.6 Å². The minimum absolute atomic E-state index is 0.235. The zero-order valence-corrected chi connectivity index (χ0v) is 33.2. The Labute approximate surface area is 299 Å². The summed E-state index contributed by atoms with van der Waals surface area (Å²) in [6.07, 6.45) is 0.